The molecule has 0 unspecified atom stereocenters. The Kier molecular flexibility index (Phi) is 8.30. The molecule has 1 N–H and O–H groups in total. The third-order valence-corrected chi connectivity index (χ3v) is 9.44. The van der Waals surface area contributed by atoms with Crippen LogP contribution in [-0.4, -0.2) is 71.3 Å². The summed E-state index contributed by atoms with van der Waals surface area (Å²) < 4.78 is 18.9. The van der Waals surface area contributed by atoms with Crippen LogP contribution in [0.2, 0.25) is 10.0 Å². The Morgan fingerprint density at radius 1 is 1.05 bits per heavy atom. The molecule has 1 aliphatic carbocycles. The van der Waals surface area contributed by atoms with Gasteiger partial charge in [0.2, 0.25) is 5.91 Å². The highest BCUT2D eigenvalue weighted by Crippen LogP contribution is 2.47. The molecule has 2 aromatic rings. The molecule has 0 radical (unpaired) electrons. The summed E-state index contributed by atoms with van der Waals surface area (Å²) in [5.41, 5.74) is 0.904. The molecule has 40 heavy (non-hydrogen) atoms. The molecule has 2 saturated heterocycles. The largest absolute Gasteiger partial charge is 0.415 e. The van der Waals surface area contributed by atoms with Crippen LogP contribution >= 0.6 is 23.2 Å². The van der Waals surface area contributed by atoms with Gasteiger partial charge in [0.1, 0.15) is 17.4 Å². The van der Waals surface area contributed by atoms with Crippen LogP contribution in [-0.2, 0) is 4.79 Å². The van der Waals surface area contributed by atoms with Gasteiger partial charge in [-0.3, -0.25) is 10.2 Å². The van der Waals surface area contributed by atoms with Crippen molar-refractivity contribution in [3.8, 4) is 5.75 Å². The van der Waals surface area contributed by atoms with Crippen LogP contribution in [0.3, 0.4) is 0 Å². The average Bonchev–Trinajstić information content (AvgIpc) is 3.56. The number of nitrogens with one attached hydrogen (secondary N) is 1. The number of nitrogens with zero attached hydrogens (tertiary/aromatic N) is 3. The second-order valence-electron chi connectivity index (χ2n) is 11.4. The first-order valence-corrected chi connectivity index (χ1v) is 14.7. The fourth-order valence-electron chi connectivity index (χ4n) is 5.93. The zero-order valence-electron chi connectivity index (χ0n) is 22.8. The summed E-state index contributed by atoms with van der Waals surface area (Å²) in [6.45, 7) is 6.60. The topological polar surface area (TPSA) is 76.9 Å². The highest BCUT2D eigenvalue weighted by Gasteiger charge is 2.46. The number of likely N-dealkylation sites (N-methyl/N-ethyl adjacent to an activating group) is 1. The van der Waals surface area contributed by atoms with Gasteiger partial charge in [0.15, 0.2) is 0 Å². The molecule has 0 spiro atoms. The Balaban J connectivity index is 1.32. The highest BCUT2D eigenvalue weighted by molar-refractivity contribution is 6.42. The summed E-state index contributed by atoms with van der Waals surface area (Å²) in [5.74, 6) is 0.311. The quantitative estimate of drug-likeness (QED) is 0.311. The Morgan fingerprint density at radius 3 is 2.33 bits per heavy atom. The molecule has 2 aliphatic heterocycles. The Morgan fingerprint density at radius 2 is 1.73 bits per heavy atom. The van der Waals surface area contributed by atoms with Crippen molar-refractivity contribution in [3.63, 3.8) is 0 Å². The third kappa shape index (κ3) is 5.93. The molecular formula is C30H35Cl2FN4O3. The number of benzene rings is 2. The van der Waals surface area contributed by atoms with Crippen LogP contribution in [0, 0.1) is 22.6 Å². The second-order valence-corrected chi connectivity index (χ2v) is 12.2. The van der Waals surface area contributed by atoms with Crippen molar-refractivity contribution in [1.82, 2.24) is 14.7 Å². The monoisotopic (exact) mass is 588 g/mol. The van der Waals surface area contributed by atoms with Crippen LogP contribution in [0.25, 0.3) is 0 Å². The van der Waals surface area contributed by atoms with Crippen molar-refractivity contribution < 1.29 is 18.7 Å². The SMILES string of the molecule is CCN(C(=O)Oc1ccc(F)cc1)[C@H]1CN(C(=O)C2CCN(C(=N)C3(C)CC3)CC2)C[C@@H]1c1ccc(Cl)c(Cl)c1. The molecule has 10 heteroatoms. The fourth-order valence-corrected chi connectivity index (χ4v) is 6.23. The zero-order chi connectivity index (χ0) is 28.6. The van der Waals surface area contributed by atoms with E-state index in [1.54, 1.807) is 17.0 Å². The van der Waals surface area contributed by atoms with Gasteiger partial charge in [-0.05, 0) is 74.6 Å². The lowest BCUT2D eigenvalue weighted by Gasteiger charge is -2.36. The van der Waals surface area contributed by atoms with Gasteiger partial charge in [-0.15, -0.1) is 0 Å². The van der Waals surface area contributed by atoms with Crippen LogP contribution in [0.5, 0.6) is 5.75 Å². The van der Waals surface area contributed by atoms with Crippen molar-refractivity contribution in [2.75, 3.05) is 32.7 Å². The Bertz CT molecular complexity index is 1280. The van der Waals surface area contributed by atoms with E-state index in [1.165, 1.54) is 24.3 Å². The molecule has 5 rings (SSSR count). The molecular weight excluding hydrogens is 554 g/mol. The van der Waals surface area contributed by atoms with E-state index in [4.69, 9.17) is 33.3 Å². The van der Waals surface area contributed by atoms with Crippen LogP contribution in [0.4, 0.5) is 9.18 Å². The molecule has 2 amide bonds. The maximum absolute atomic E-state index is 13.8. The first kappa shape index (κ1) is 28.7. The van der Waals surface area contributed by atoms with Gasteiger partial charge in [-0.25, -0.2) is 9.18 Å². The van der Waals surface area contributed by atoms with Crippen molar-refractivity contribution >= 4 is 41.0 Å². The summed E-state index contributed by atoms with van der Waals surface area (Å²) in [4.78, 5) is 32.7. The lowest BCUT2D eigenvalue weighted by Crippen LogP contribution is -2.47. The Labute approximate surface area is 244 Å². The normalized spacial score (nSPS) is 22.2. The molecule has 2 aromatic carbocycles. The number of amides is 2. The number of amidine groups is 1. The number of carbonyl (C=O) groups is 2. The van der Waals surface area contributed by atoms with Crippen molar-refractivity contribution in [2.24, 2.45) is 11.3 Å². The second kappa shape index (κ2) is 11.6. The Hall–Kier alpha value is -2.84. The number of hydrogen-bond donors (Lipinski definition) is 1. The van der Waals surface area contributed by atoms with E-state index in [-0.39, 0.29) is 34.9 Å². The lowest BCUT2D eigenvalue weighted by molar-refractivity contribution is -0.135. The number of hydrogen-bond acceptors (Lipinski definition) is 4. The van der Waals surface area contributed by atoms with Crippen molar-refractivity contribution in [2.45, 2.75) is 51.5 Å². The summed E-state index contributed by atoms with van der Waals surface area (Å²) >= 11 is 12.5. The molecule has 214 valence electrons. The van der Waals surface area contributed by atoms with Gasteiger partial charge in [0.25, 0.3) is 0 Å². The number of likely N-dealkylation sites (tertiary alicyclic amines) is 2. The number of piperidine rings is 1. The highest BCUT2D eigenvalue weighted by atomic mass is 35.5. The number of halogens is 3. The van der Waals surface area contributed by atoms with E-state index >= 15 is 0 Å². The summed E-state index contributed by atoms with van der Waals surface area (Å²) in [6, 6.07) is 10.4. The minimum Gasteiger partial charge on any atom is -0.410 e. The molecule has 3 fully saturated rings. The predicted octanol–water partition coefficient (Wildman–Crippen LogP) is 6.44. The van der Waals surface area contributed by atoms with E-state index in [2.05, 4.69) is 11.8 Å². The summed E-state index contributed by atoms with van der Waals surface area (Å²) in [5, 5.41) is 9.41. The zero-order valence-corrected chi connectivity index (χ0v) is 24.3. The molecule has 7 nitrogen and oxygen atoms in total. The number of rotatable bonds is 6. The molecule has 1 saturated carbocycles. The minimum absolute atomic E-state index is 0.0121. The van der Waals surface area contributed by atoms with Gasteiger partial charge < -0.3 is 19.4 Å². The van der Waals surface area contributed by atoms with Gasteiger partial charge in [0, 0.05) is 50.0 Å². The smallest absolute Gasteiger partial charge is 0.410 e. The first-order valence-electron chi connectivity index (χ1n) is 13.9. The van der Waals surface area contributed by atoms with Gasteiger partial charge in [-0.1, -0.05) is 36.2 Å². The lowest BCUT2D eigenvalue weighted by atomic mass is 9.93. The maximum Gasteiger partial charge on any atom is 0.415 e. The molecule has 3 aliphatic rings. The maximum atomic E-state index is 13.8. The third-order valence-electron chi connectivity index (χ3n) is 8.70. The first-order chi connectivity index (χ1) is 19.1. The van der Waals surface area contributed by atoms with E-state index in [9.17, 15) is 14.0 Å². The molecule has 2 heterocycles. The van der Waals surface area contributed by atoms with E-state index < -0.39 is 11.9 Å². The van der Waals surface area contributed by atoms with Gasteiger partial charge in [0.05, 0.1) is 16.1 Å². The molecule has 0 aromatic heterocycles. The van der Waals surface area contributed by atoms with Gasteiger partial charge in [-0.2, -0.15) is 0 Å². The average molecular weight is 590 g/mol. The van der Waals surface area contributed by atoms with Crippen LogP contribution in [0.15, 0.2) is 42.5 Å². The van der Waals surface area contributed by atoms with Gasteiger partial charge >= 0.3 is 6.09 Å². The van der Waals surface area contributed by atoms with E-state index in [0.717, 1.165) is 18.4 Å². The summed E-state index contributed by atoms with van der Waals surface area (Å²) in [6.07, 6.45) is 2.99. The molecule has 0 bridgehead atoms. The molecule has 2 atom stereocenters. The van der Waals surface area contributed by atoms with E-state index in [0.29, 0.717) is 61.4 Å². The van der Waals surface area contributed by atoms with Crippen LogP contribution < -0.4 is 4.74 Å². The van der Waals surface area contributed by atoms with E-state index in [1.807, 2.05) is 17.9 Å². The van der Waals surface area contributed by atoms with Crippen molar-refractivity contribution in [1.29, 1.82) is 5.41 Å². The fraction of sp³-hybridized carbons (Fsp3) is 0.500. The summed E-state index contributed by atoms with van der Waals surface area (Å²) in [7, 11) is 0. The number of carbonyl (C=O) groups excluding carboxylic acids is 2. The minimum atomic E-state index is -0.557. The standard InChI is InChI=1S/C30H35Cl2FN4O3/c1-3-37(29(39)40-22-7-5-21(33)6-8-22)26-18-36(17-23(26)20-4-9-24(31)25(32)16-20)27(38)19-10-14-35(15-11-19)28(34)30(2)12-13-30/h4-9,16,19,23,26,34H,3,10-15,17-18H2,1-2H3/t23-,26+/m1/s1. The predicted molar refractivity (Wildman–Crippen MR) is 154 cm³/mol. The van der Waals surface area contributed by atoms with Crippen molar-refractivity contribution in [3.05, 3.63) is 63.9 Å². The number of ether oxygens (including phenoxy) is 1. The van der Waals surface area contributed by atoms with Crippen LogP contribution in [0.1, 0.15) is 51.0 Å².